The molecule has 0 amide bonds. The van der Waals surface area contributed by atoms with Crippen LogP contribution >= 0.6 is 15.9 Å². The zero-order valence-electron chi connectivity index (χ0n) is 7.70. The molecule has 1 aromatic carbocycles. The predicted octanol–water partition coefficient (Wildman–Crippen LogP) is 2.39. The Morgan fingerprint density at radius 1 is 1.31 bits per heavy atom. The van der Waals surface area contributed by atoms with Gasteiger partial charge >= 0.3 is 0 Å². The van der Waals surface area contributed by atoms with E-state index in [4.69, 9.17) is 0 Å². The summed E-state index contributed by atoms with van der Waals surface area (Å²) in [6.07, 6.45) is 0.880. The van der Waals surface area contributed by atoms with Crippen LogP contribution in [0.4, 0.5) is 5.69 Å². The van der Waals surface area contributed by atoms with Gasteiger partial charge in [-0.05, 0) is 17.7 Å². The number of aldehydes is 1. The molecule has 0 aliphatic rings. The van der Waals surface area contributed by atoms with Crippen LogP contribution in [0, 0.1) is 0 Å². The number of anilines is 1. The molecule has 0 aromatic heterocycles. The quantitative estimate of drug-likeness (QED) is 0.599. The van der Waals surface area contributed by atoms with Crippen molar-refractivity contribution >= 4 is 27.9 Å². The van der Waals surface area contributed by atoms with Gasteiger partial charge < -0.3 is 9.69 Å². The van der Waals surface area contributed by atoms with Gasteiger partial charge in [-0.2, -0.15) is 0 Å². The van der Waals surface area contributed by atoms with Gasteiger partial charge in [0.2, 0.25) is 0 Å². The SMILES string of the molecule is CN(C)c1ccc(C(Br)C=O)cc1. The number of carbonyl (C=O) groups is 1. The standard InChI is InChI=1S/C10H12BrNO/c1-12(2)9-5-3-8(4-6-9)10(11)7-13/h3-7,10H,1-2H3. The summed E-state index contributed by atoms with van der Waals surface area (Å²) >= 11 is 3.26. The minimum absolute atomic E-state index is 0.191. The van der Waals surface area contributed by atoms with Crippen molar-refractivity contribution in [3.05, 3.63) is 29.8 Å². The molecule has 0 aliphatic carbocycles. The fraction of sp³-hybridized carbons (Fsp3) is 0.300. The Hall–Kier alpha value is -0.830. The van der Waals surface area contributed by atoms with E-state index in [-0.39, 0.29) is 4.83 Å². The van der Waals surface area contributed by atoms with Gasteiger partial charge in [0, 0.05) is 19.8 Å². The van der Waals surface area contributed by atoms with E-state index < -0.39 is 0 Å². The predicted molar refractivity (Wildman–Crippen MR) is 58.5 cm³/mol. The minimum Gasteiger partial charge on any atom is -0.378 e. The Morgan fingerprint density at radius 2 is 1.85 bits per heavy atom. The fourth-order valence-electron chi connectivity index (χ4n) is 1.03. The first-order chi connectivity index (χ1) is 6.15. The van der Waals surface area contributed by atoms with Crippen LogP contribution in [0.1, 0.15) is 10.4 Å². The Labute approximate surface area is 86.7 Å². The Balaban J connectivity index is 2.87. The third-order valence-electron chi connectivity index (χ3n) is 1.85. The summed E-state index contributed by atoms with van der Waals surface area (Å²) in [5, 5.41) is 0. The Morgan fingerprint density at radius 3 is 2.23 bits per heavy atom. The average Bonchev–Trinajstić information content (AvgIpc) is 2.17. The highest BCUT2D eigenvalue weighted by molar-refractivity contribution is 9.09. The second kappa shape index (κ2) is 4.42. The topological polar surface area (TPSA) is 20.3 Å². The van der Waals surface area contributed by atoms with Crippen molar-refractivity contribution in [1.82, 2.24) is 0 Å². The normalized spacial score (nSPS) is 12.2. The molecule has 0 spiro atoms. The zero-order valence-corrected chi connectivity index (χ0v) is 9.28. The highest BCUT2D eigenvalue weighted by atomic mass is 79.9. The summed E-state index contributed by atoms with van der Waals surface area (Å²) in [7, 11) is 3.97. The maximum Gasteiger partial charge on any atom is 0.138 e. The van der Waals surface area contributed by atoms with E-state index in [9.17, 15) is 4.79 Å². The molecule has 13 heavy (non-hydrogen) atoms. The molecule has 0 fully saturated rings. The van der Waals surface area contributed by atoms with Crippen LogP contribution in [-0.2, 0) is 4.79 Å². The molecule has 1 aromatic rings. The van der Waals surface area contributed by atoms with E-state index >= 15 is 0 Å². The lowest BCUT2D eigenvalue weighted by atomic mass is 10.1. The van der Waals surface area contributed by atoms with E-state index in [0.29, 0.717) is 0 Å². The van der Waals surface area contributed by atoms with Crippen molar-refractivity contribution in [2.24, 2.45) is 0 Å². The molecule has 0 bridgehead atoms. The van der Waals surface area contributed by atoms with Gasteiger partial charge in [0.15, 0.2) is 0 Å². The van der Waals surface area contributed by atoms with Crippen molar-refractivity contribution in [3.8, 4) is 0 Å². The van der Waals surface area contributed by atoms with E-state index in [1.54, 1.807) is 0 Å². The molecule has 0 saturated heterocycles. The van der Waals surface area contributed by atoms with Crippen LogP contribution < -0.4 is 4.90 Å². The van der Waals surface area contributed by atoms with Crippen molar-refractivity contribution in [3.63, 3.8) is 0 Å². The van der Waals surface area contributed by atoms with E-state index in [1.807, 2.05) is 43.3 Å². The molecule has 0 heterocycles. The van der Waals surface area contributed by atoms with Crippen LogP contribution in [0.15, 0.2) is 24.3 Å². The molecule has 0 saturated carbocycles. The molecular formula is C10H12BrNO. The van der Waals surface area contributed by atoms with E-state index in [1.165, 1.54) is 0 Å². The third kappa shape index (κ3) is 2.56. The van der Waals surface area contributed by atoms with Gasteiger partial charge in [0.1, 0.15) is 6.29 Å². The number of hydrogen-bond acceptors (Lipinski definition) is 2. The Bertz CT molecular complexity index is 281. The smallest absolute Gasteiger partial charge is 0.138 e. The van der Waals surface area contributed by atoms with Crippen molar-refractivity contribution in [2.75, 3.05) is 19.0 Å². The number of nitrogens with zero attached hydrogens (tertiary/aromatic N) is 1. The number of alkyl halides is 1. The summed E-state index contributed by atoms with van der Waals surface area (Å²) in [4.78, 5) is 12.3. The highest BCUT2D eigenvalue weighted by Gasteiger charge is 2.04. The first-order valence-corrected chi connectivity index (χ1v) is 4.93. The van der Waals surface area contributed by atoms with Crippen molar-refractivity contribution in [1.29, 1.82) is 0 Å². The van der Waals surface area contributed by atoms with Gasteiger partial charge in [0.05, 0.1) is 4.83 Å². The number of rotatable bonds is 3. The highest BCUT2D eigenvalue weighted by Crippen LogP contribution is 2.22. The summed E-state index contributed by atoms with van der Waals surface area (Å²) in [5.41, 5.74) is 2.12. The zero-order chi connectivity index (χ0) is 9.84. The lowest BCUT2D eigenvalue weighted by Gasteiger charge is -2.12. The maximum atomic E-state index is 10.5. The van der Waals surface area contributed by atoms with E-state index in [2.05, 4.69) is 15.9 Å². The average molecular weight is 242 g/mol. The molecule has 2 nitrogen and oxygen atoms in total. The largest absolute Gasteiger partial charge is 0.378 e. The van der Waals surface area contributed by atoms with Gasteiger partial charge in [-0.1, -0.05) is 28.1 Å². The number of halogens is 1. The fourth-order valence-corrected chi connectivity index (χ4v) is 1.34. The second-order valence-corrected chi connectivity index (χ2v) is 4.01. The molecule has 1 atom stereocenters. The van der Waals surface area contributed by atoms with Gasteiger partial charge in [-0.3, -0.25) is 0 Å². The third-order valence-corrected chi connectivity index (χ3v) is 2.59. The van der Waals surface area contributed by atoms with Gasteiger partial charge in [-0.15, -0.1) is 0 Å². The first-order valence-electron chi connectivity index (χ1n) is 4.02. The molecule has 1 rings (SSSR count). The molecule has 0 aliphatic heterocycles. The van der Waals surface area contributed by atoms with Crippen LogP contribution in [-0.4, -0.2) is 20.4 Å². The second-order valence-electron chi connectivity index (χ2n) is 3.02. The number of hydrogen-bond donors (Lipinski definition) is 0. The molecule has 1 unspecified atom stereocenters. The number of benzene rings is 1. The van der Waals surface area contributed by atoms with Crippen molar-refractivity contribution in [2.45, 2.75) is 4.83 Å². The molecule has 0 radical (unpaired) electrons. The Kier molecular flexibility index (Phi) is 3.48. The molecule has 0 N–H and O–H groups in total. The van der Waals surface area contributed by atoms with Crippen molar-refractivity contribution < 1.29 is 4.79 Å². The lowest BCUT2D eigenvalue weighted by molar-refractivity contribution is -0.107. The van der Waals surface area contributed by atoms with Gasteiger partial charge in [-0.25, -0.2) is 0 Å². The molecular weight excluding hydrogens is 230 g/mol. The molecule has 3 heteroatoms. The van der Waals surface area contributed by atoms with Crippen LogP contribution in [0.25, 0.3) is 0 Å². The van der Waals surface area contributed by atoms with Gasteiger partial charge in [0.25, 0.3) is 0 Å². The first kappa shape index (κ1) is 10.3. The summed E-state index contributed by atoms with van der Waals surface area (Å²) < 4.78 is 0. The van der Waals surface area contributed by atoms with Crippen LogP contribution in [0.2, 0.25) is 0 Å². The van der Waals surface area contributed by atoms with E-state index in [0.717, 1.165) is 17.5 Å². The van der Waals surface area contributed by atoms with Crippen LogP contribution in [0.3, 0.4) is 0 Å². The monoisotopic (exact) mass is 241 g/mol. The summed E-state index contributed by atoms with van der Waals surface area (Å²) in [6, 6.07) is 7.88. The minimum atomic E-state index is -0.191. The lowest BCUT2D eigenvalue weighted by Crippen LogP contribution is -2.08. The summed E-state index contributed by atoms with van der Waals surface area (Å²) in [6.45, 7) is 0. The number of carbonyl (C=O) groups excluding carboxylic acids is 1. The maximum absolute atomic E-state index is 10.5. The van der Waals surface area contributed by atoms with Crippen LogP contribution in [0.5, 0.6) is 0 Å². The summed E-state index contributed by atoms with van der Waals surface area (Å²) in [5.74, 6) is 0. The molecule has 70 valence electrons.